The van der Waals surface area contributed by atoms with Crippen molar-refractivity contribution in [1.82, 2.24) is 24.7 Å². The Morgan fingerprint density at radius 3 is 2.57 bits per heavy atom. The van der Waals surface area contributed by atoms with Gasteiger partial charge in [0.2, 0.25) is 0 Å². The third-order valence-electron chi connectivity index (χ3n) is 5.21. The lowest BCUT2D eigenvalue weighted by molar-refractivity contribution is 0.413. The molecule has 0 unspecified atom stereocenters. The third-order valence-corrected chi connectivity index (χ3v) is 5.21. The minimum Gasteiger partial charge on any atom is -0.495 e. The number of H-pyrrole nitrogens is 1. The molecule has 6 heteroatoms. The first-order valence-electron chi connectivity index (χ1n) is 9.83. The Kier molecular flexibility index (Phi) is 5.23. The Morgan fingerprint density at radius 2 is 1.87 bits per heavy atom. The van der Waals surface area contributed by atoms with Gasteiger partial charge in [0.15, 0.2) is 5.82 Å². The summed E-state index contributed by atoms with van der Waals surface area (Å²) in [7, 11) is 1.67. The fraction of sp³-hybridized carbons (Fsp3) is 0.208. The van der Waals surface area contributed by atoms with E-state index in [1.54, 1.807) is 13.4 Å². The number of aryl methyl sites for hydroxylation is 1. The van der Waals surface area contributed by atoms with Gasteiger partial charge in [0.1, 0.15) is 11.6 Å². The minimum absolute atomic E-state index is 0.256. The number of rotatable bonds is 6. The zero-order valence-corrected chi connectivity index (χ0v) is 17.6. The van der Waals surface area contributed by atoms with Crippen molar-refractivity contribution in [3.05, 3.63) is 89.5 Å². The monoisotopic (exact) mass is 399 g/mol. The topological polar surface area (TPSA) is 68.6 Å². The van der Waals surface area contributed by atoms with Gasteiger partial charge in [-0.05, 0) is 50.1 Å². The zero-order chi connectivity index (χ0) is 21.1. The maximum Gasteiger partial charge on any atom is 0.173 e. The summed E-state index contributed by atoms with van der Waals surface area (Å²) >= 11 is 0. The molecule has 0 amide bonds. The van der Waals surface area contributed by atoms with Crippen LogP contribution in [0.2, 0.25) is 0 Å². The second-order valence-electron chi connectivity index (χ2n) is 7.72. The summed E-state index contributed by atoms with van der Waals surface area (Å²) in [6.07, 6.45) is 7.63. The first-order chi connectivity index (χ1) is 14.5. The van der Waals surface area contributed by atoms with Crippen molar-refractivity contribution in [3.63, 3.8) is 0 Å². The quantitative estimate of drug-likeness (QED) is 0.505. The lowest BCUT2D eigenvalue weighted by Crippen LogP contribution is -2.20. The number of hydrogen-bond acceptors (Lipinski definition) is 4. The number of methoxy groups -OCH3 is 1. The number of hydrogen-bond donors (Lipinski definition) is 1. The number of ether oxygens (including phenoxy) is 1. The van der Waals surface area contributed by atoms with E-state index in [0.29, 0.717) is 5.82 Å². The molecular weight excluding hydrogens is 374 g/mol. The normalized spacial score (nSPS) is 11.9. The van der Waals surface area contributed by atoms with Crippen molar-refractivity contribution in [2.45, 2.75) is 26.2 Å². The molecule has 2 heterocycles. The van der Waals surface area contributed by atoms with Crippen LogP contribution in [0, 0.1) is 6.92 Å². The third kappa shape index (κ3) is 3.89. The SMILES string of the molecule is COc1cc(/C=C/c2n[nH]c(C(C)(C)c3ccccc3)n2)ccc1-n1cnc(C)c1. The van der Waals surface area contributed by atoms with E-state index >= 15 is 0 Å². The van der Waals surface area contributed by atoms with Crippen molar-refractivity contribution in [2.75, 3.05) is 7.11 Å². The molecule has 0 aliphatic rings. The molecule has 1 N–H and O–H groups in total. The molecule has 0 radical (unpaired) electrons. The largest absolute Gasteiger partial charge is 0.495 e. The van der Waals surface area contributed by atoms with Crippen molar-refractivity contribution in [2.24, 2.45) is 0 Å². The molecule has 0 saturated carbocycles. The second-order valence-corrected chi connectivity index (χ2v) is 7.72. The minimum atomic E-state index is -0.256. The number of nitrogens with zero attached hydrogens (tertiary/aromatic N) is 4. The Morgan fingerprint density at radius 1 is 1.07 bits per heavy atom. The van der Waals surface area contributed by atoms with Crippen LogP contribution in [0.1, 0.15) is 42.3 Å². The van der Waals surface area contributed by atoms with Gasteiger partial charge in [-0.1, -0.05) is 42.5 Å². The molecule has 30 heavy (non-hydrogen) atoms. The van der Waals surface area contributed by atoms with Gasteiger partial charge in [-0.2, -0.15) is 5.10 Å². The summed E-state index contributed by atoms with van der Waals surface area (Å²) < 4.78 is 7.53. The van der Waals surface area contributed by atoms with Crippen molar-refractivity contribution < 1.29 is 4.74 Å². The van der Waals surface area contributed by atoms with Gasteiger partial charge >= 0.3 is 0 Å². The summed E-state index contributed by atoms with van der Waals surface area (Å²) in [5.41, 5.74) is 3.83. The molecule has 152 valence electrons. The van der Waals surface area contributed by atoms with Crippen LogP contribution < -0.4 is 4.74 Å². The van der Waals surface area contributed by atoms with Crippen LogP contribution >= 0.6 is 0 Å². The van der Waals surface area contributed by atoms with Gasteiger partial charge in [0, 0.05) is 11.6 Å². The average Bonchev–Trinajstić information content (AvgIpc) is 3.42. The van der Waals surface area contributed by atoms with E-state index < -0.39 is 0 Å². The average molecular weight is 399 g/mol. The smallest absolute Gasteiger partial charge is 0.173 e. The molecule has 0 spiro atoms. The zero-order valence-electron chi connectivity index (χ0n) is 17.6. The first kappa shape index (κ1) is 19.6. The van der Waals surface area contributed by atoms with E-state index in [4.69, 9.17) is 4.74 Å². The summed E-state index contributed by atoms with van der Waals surface area (Å²) in [6, 6.07) is 16.3. The number of imidazole rings is 1. The Hall–Kier alpha value is -3.67. The number of nitrogens with one attached hydrogen (secondary N) is 1. The predicted octanol–water partition coefficient (Wildman–Crippen LogP) is 4.80. The van der Waals surface area contributed by atoms with Crippen LogP contribution in [0.5, 0.6) is 5.75 Å². The molecule has 0 fully saturated rings. The van der Waals surface area contributed by atoms with E-state index in [0.717, 1.165) is 28.5 Å². The fourth-order valence-corrected chi connectivity index (χ4v) is 3.36. The van der Waals surface area contributed by atoms with E-state index in [9.17, 15) is 0 Å². The predicted molar refractivity (Wildman–Crippen MR) is 119 cm³/mol. The maximum atomic E-state index is 5.58. The van der Waals surface area contributed by atoms with Gasteiger partial charge in [-0.15, -0.1) is 0 Å². The van der Waals surface area contributed by atoms with Crippen LogP contribution in [0.15, 0.2) is 61.1 Å². The van der Waals surface area contributed by atoms with Crippen LogP contribution in [-0.2, 0) is 5.41 Å². The molecule has 0 saturated heterocycles. The molecule has 0 aliphatic heterocycles. The lowest BCUT2D eigenvalue weighted by atomic mass is 9.84. The molecule has 6 nitrogen and oxygen atoms in total. The lowest BCUT2D eigenvalue weighted by Gasteiger charge is -2.21. The summed E-state index contributed by atoms with van der Waals surface area (Å²) in [5, 5.41) is 7.46. The standard InChI is InChI=1S/C24H25N5O/c1-17-15-29(16-25-17)20-12-10-18(14-21(20)30-4)11-13-22-26-23(28-27-22)24(2,3)19-8-6-5-7-9-19/h5-16H,1-4H3,(H,26,27,28)/b13-11+. The van der Waals surface area contributed by atoms with Crippen LogP contribution in [0.3, 0.4) is 0 Å². The van der Waals surface area contributed by atoms with Crippen LogP contribution in [0.25, 0.3) is 17.8 Å². The van der Waals surface area contributed by atoms with E-state index in [-0.39, 0.29) is 5.41 Å². The second kappa shape index (κ2) is 7.99. The number of aromatic amines is 1. The van der Waals surface area contributed by atoms with Crippen LogP contribution in [0.4, 0.5) is 0 Å². The van der Waals surface area contributed by atoms with E-state index in [1.165, 1.54) is 5.56 Å². The maximum absolute atomic E-state index is 5.58. The summed E-state index contributed by atoms with van der Waals surface area (Å²) in [6.45, 7) is 6.24. The van der Waals surface area contributed by atoms with Crippen LogP contribution in [-0.4, -0.2) is 31.8 Å². The van der Waals surface area contributed by atoms with Crippen molar-refractivity contribution >= 4 is 12.2 Å². The molecule has 2 aromatic carbocycles. The van der Waals surface area contributed by atoms with Gasteiger partial charge in [0.05, 0.1) is 24.8 Å². The van der Waals surface area contributed by atoms with E-state index in [1.807, 2.05) is 66.2 Å². The number of benzene rings is 2. The Balaban J connectivity index is 1.56. The van der Waals surface area contributed by atoms with Crippen molar-refractivity contribution in [3.8, 4) is 11.4 Å². The van der Waals surface area contributed by atoms with Gasteiger partial charge < -0.3 is 9.30 Å². The first-order valence-corrected chi connectivity index (χ1v) is 9.83. The van der Waals surface area contributed by atoms with Gasteiger partial charge in [0.25, 0.3) is 0 Å². The highest BCUT2D eigenvalue weighted by atomic mass is 16.5. The van der Waals surface area contributed by atoms with Crippen molar-refractivity contribution in [1.29, 1.82) is 0 Å². The molecule has 0 bridgehead atoms. The Labute approximate surface area is 176 Å². The summed E-state index contributed by atoms with van der Waals surface area (Å²) in [4.78, 5) is 8.97. The molecule has 0 aliphatic carbocycles. The highest BCUT2D eigenvalue weighted by molar-refractivity contribution is 5.69. The molecule has 4 rings (SSSR count). The molecule has 0 atom stereocenters. The summed E-state index contributed by atoms with van der Waals surface area (Å²) in [5.74, 6) is 2.24. The highest BCUT2D eigenvalue weighted by Gasteiger charge is 2.26. The molecule has 4 aromatic rings. The molecular formula is C24H25N5O. The molecule has 2 aromatic heterocycles. The fourth-order valence-electron chi connectivity index (χ4n) is 3.36. The van der Waals surface area contributed by atoms with Gasteiger partial charge in [-0.25, -0.2) is 9.97 Å². The number of aromatic nitrogens is 5. The Bertz CT molecular complexity index is 1170. The van der Waals surface area contributed by atoms with E-state index in [2.05, 4.69) is 46.1 Å². The van der Waals surface area contributed by atoms with Gasteiger partial charge in [-0.3, -0.25) is 5.10 Å². The highest BCUT2D eigenvalue weighted by Crippen LogP contribution is 2.29.